The molecule has 0 aromatic carbocycles. The topological polar surface area (TPSA) is 155 Å². The highest BCUT2D eigenvalue weighted by molar-refractivity contribution is 7.47. The molecule has 11 nitrogen and oxygen atoms in total. The normalized spacial score (nSPS) is 14.3. The maximum atomic E-state index is 12.8. The number of allylic oxidation sites excluding steroid dienone is 18. The highest BCUT2D eigenvalue weighted by Gasteiger charge is 2.28. The largest absolute Gasteiger partial charge is 0.472 e. The van der Waals surface area contributed by atoms with Crippen molar-refractivity contribution in [3.63, 3.8) is 0 Å². The van der Waals surface area contributed by atoms with Crippen molar-refractivity contribution in [3.05, 3.63) is 109 Å². The monoisotopic (exact) mass is 999 g/mol. The van der Waals surface area contributed by atoms with Gasteiger partial charge >= 0.3 is 25.7 Å². The van der Waals surface area contributed by atoms with E-state index in [0.717, 1.165) is 89.9 Å². The van der Waals surface area contributed by atoms with Crippen LogP contribution in [0, 0.1) is 0 Å². The standard InChI is InChI=1S/C58H95O11P/c1-4-7-10-13-16-19-22-24-25-26-27-28-29-31-34-37-40-43-46-49-58(62)69-55(51-65-56(60)47-44-41-38-35-32-21-18-15-12-9-6-3)53-67-70(63,64)66-52-54(50-59)68-57(61)48-45-42-39-36-33-30-23-20-17-14-11-8-5-2/h7-8,10-11,16-17,19-20,24-25,27-28,30-31,33-34,40,43,54-55,59H,4-6,9,12-15,18,21-23,26,29,32,35-39,41-42,44-53H2,1-3H3,(H,63,64)/b10-7-,11-8-,19-16-,20-17-,25-24-,28-27-,33-30-,34-31-,43-40-. The van der Waals surface area contributed by atoms with E-state index in [9.17, 15) is 28.9 Å². The number of phosphoric ester groups is 1. The zero-order valence-electron chi connectivity index (χ0n) is 43.7. The Labute approximate surface area is 425 Å². The van der Waals surface area contributed by atoms with Gasteiger partial charge in [-0.05, 0) is 89.9 Å². The molecule has 3 unspecified atom stereocenters. The summed E-state index contributed by atoms with van der Waals surface area (Å²) in [7, 11) is -4.77. The Balaban J connectivity index is 4.87. The van der Waals surface area contributed by atoms with E-state index < -0.39 is 57.8 Å². The van der Waals surface area contributed by atoms with Crippen molar-refractivity contribution in [2.75, 3.05) is 26.4 Å². The maximum absolute atomic E-state index is 12.8. The Hall–Kier alpha value is -3.86. The van der Waals surface area contributed by atoms with Crippen molar-refractivity contribution in [2.45, 2.75) is 213 Å². The zero-order chi connectivity index (χ0) is 51.3. The third-order valence-electron chi connectivity index (χ3n) is 10.7. The van der Waals surface area contributed by atoms with E-state index in [2.05, 4.69) is 118 Å². The fourth-order valence-corrected chi connectivity index (χ4v) is 7.47. The van der Waals surface area contributed by atoms with Crippen molar-refractivity contribution in [3.8, 4) is 0 Å². The van der Waals surface area contributed by atoms with E-state index >= 15 is 0 Å². The second-order valence-electron chi connectivity index (χ2n) is 17.3. The highest BCUT2D eigenvalue weighted by Crippen LogP contribution is 2.43. The van der Waals surface area contributed by atoms with Gasteiger partial charge in [0.1, 0.15) is 12.7 Å². The van der Waals surface area contributed by atoms with E-state index in [1.807, 2.05) is 12.2 Å². The summed E-state index contributed by atoms with van der Waals surface area (Å²) in [4.78, 5) is 48.3. The van der Waals surface area contributed by atoms with E-state index in [4.69, 9.17) is 23.3 Å². The molecule has 0 bridgehead atoms. The molecule has 398 valence electrons. The second kappa shape index (κ2) is 51.5. The minimum atomic E-state index is -4.77. The number of carbonyl (C=O) groups is 3. The number of esters is 3. The van der Waals surface area contributed by atoms with Crippen molar-refractivity contribution in [1.82, 2.24) is 0 Å². The quantitative estimate of drug-likeness (QED) is 0.0197. The van der Waals surface area contributed by atoms with Crippen molar-refractivity contribution in [1.29, 1.82) is 0 Å². The molecule has 0 saturated heterocycles. The predicted molar refractivity (Wildman–Crippen MR) is 288 cm³/mol. The molecule has 0 saturated carbocycles. The SMILES string of the molecule is CC/C=C\C/C=C\C/C=C\C/C=C\C/C=C\C/C=C\CCC(=O)OC(COC(=O)CCCCCCCCCCCCC)COP(=O)(O)OCC(CO)OC(=O)CCCCC/C=C\C/C=C\C/C=C\CC. The minimum absolute atomic E-state index is 0.0364. The number of carbonyl (C=O) groups excluding carboxylic acids is 3. The summed E-state index contributed by atoms with van der Waals surface area (Å²) in [6.07, 6.45) is 60.8. The van der Waals surface area contributed by atoms with Gasteiger partial charge in [-0.1, -0.05) is 201 Å². The zero-order valence-corrected chi connectivity index (χ0v) is 44.6. The molecule has 0 aliphatic carbocycles. The molecule has 0 fully saturated rings. The number of aliphatic hydroxyl groups is 1. The first-order valence-corrected chi connectivity index (χ1v) is 28.3. The van der Waals surface area contributed by atoms with Crippen LogP contribution < -0.4 is 0 Å². The molecule has 0 spiro atoms. The Morgan fingerprint density at radius 2 is 0.771 bits per heavy atom. The van der Waals surface area contributed by atoms with Crippen LogP contribution in [0.4, 0.5) is 0 Å². The Kier molecular flexibility index (Phi) is 48.7. The highest BCUT2D eigenvalue weighted by atomic mass is 31.2. The number of unbranched alkanes of at least 4 members (excludes halogenated alkanes) is 13. The lowest BCUT2D eigenvalue weighted by Crippen LogP contribution is -2.30. The molecule has 3 atom stereocenters. The lowest BCUT2D eigenvalue weighted by Gasteiger charge is -2.21. The third kappa shape index (κ3) is 49.1. The molecule has 0 aromatic heterocycles. The molecule has 0 aromatic rings. The Morgan fingerprint density at radius 3 is 1.23 bits per heavy atom. The molecule has 0 rings (SSSR count). The van der Waals surface area contributed by atoms with Gasteiger partial charge in [-0.15, -0.1) is 0 Å². The van der Waals surface area contributed by atoms with E-state index in [0.29, 0.717) is 25.7 Å². The maximum Gasteiger partial charge on any atom is 0.472 e. The van der Waals surface area contributed by atoms with Crippen molar-refractivity contribution >= 4 is 25.7 Å². The molecule has 2 N–H and O–H groups in total. The molecule has 0 amide bonds. The number of phosphoric acid groups is 1. The average Bonchev–Trinajstić information content (AvgIpc) is 3.35. The van der Waals surface area contributed by atoms with Crippen LogP contribution in [0.25, 0.3) is 0 Å². The van der Waals surface area contributed by atoms with Crippen LogP contribution in [0.15, 0.2) is 109 Å². The van der Waals surface area contributed by atoms with E-state index in [1.54, 1.807) is 0 Å². The first kappa shape index (κ1) is 66.1. The summed E-state index contributed by atoms with van der Waals surface area (Å²) >= 11 is 0. The van der Waals surface area contributed by atoms with Gasteiger partial charge in [0.05, 0.1) is 19.8 Å². The number of hydrogen-bond acceptors (Lipinski definition) is 10. The van der Waals surface area contributed by atoms with Crippen LogP contribution in [0.5, 0.6) is 0 Å². The second-order valence-corrected chi connectivity index (χ2v) is 18.7. The summed E-state index contributed by atoms with van der Waals surface area (Å²) in [5, 5.41) is 9.77. The van der Waals surface area contributed by atoms with Crippen LogP contribution >= 0.6 is 7.82 Å². The van der Waals surface area contributed by atoms with Gasteiger partial charge in [0, 0.05) is 19.3 Å². The van der Waals surface area contributed by atoms with Gasteiger partial charge in [-0.25, -0.2) is 4.57 Å². The fraction of sp³-hybridized carbons (Fsp3) is 0.638. The van der Waals surface area contributed by atoms with Crippen LogP contribution in [0.3, 0.4) is 0 Å². The first-order chi connectivity index (χ1) is 34.2. The molecule has 0 aliphatic rings. The van der Waals surface area contributed by atoms with Crippen molar-refractivity contribution in [2.24, 2.45) is 0 Å². The number of ether oxygens (including phenoxy) is 3. The lowest BCUT2D eigenvalue weighted by atomic mass is 10.1. The summed E-state index contributed by atoms with van der Waals surface area (Å²) in [6.45, 7) is 4.26. The van der Waals surface area contributed by atoms with Gasteiger partial charge in [0.25, 0.3) is 0 Å². The van der Waals surface area contributed by atoms with Gasteiger partial charge in [0.2, 0.25) is 0 Å². The summed E-state index contributed by atoms with van der Waals surface area (Å²) in [6, 6.07) is 0. The van der Waals surface area contributed by atoms with Gasteiger partial charge in [-0.2, -0.15) is 0 Å². The smallest absolute Gasteiger partial charge is 0.462 e. The average molecular weight is 999 g/mol. The number of rotatable bonds is 48. The lowest BCUT2D eigenvalue weighted by molar-refractivity contribution is -0.161. The van der Waals surface area contributed by atoms with Gasteiger partial charge < -0.3 is 24.2 Å². The Bertz CT molecular complexity index is 1590. The summed E-state index contributed by atoms with van der Waals surface area (Å²) in [5.74, 6) is -1.61. The van der Waals surface area contributed by atoms with E-state index in [1.165, 1.54) is 44.9 Å². The molecule has 70 heavy (non-hydrogen) atoms. The molecule has 12 heteroatoms. The molecular weight excluding hydrogens is 904 g/mol. The third-order valence-corrected chi connectivity index (χ3v) is 11.7. The molecule has 0 heterocycles. The van der Waals surface area contributed by atoms with Crippen molar-refractivity contribution < 1.29 is 52.2 Å². The van der Waals surface area contributed by atoms with E-state index in [-0.39, 0.29) is 25.9 Å². The van der Waals surface area contributed by atoms with Crippen LogP contribution in [0.2, 0.25) is 0 Å². The van der Waals surface area contributed by atoms with Crippen LogP contribution in [0.1, 0.15) is 201 Å². The summed E-state index contributed by atoms with van der Waals surface area (Å²) in [5.41, 5.74) is 0. The van der Waals surface area contributed by atoms with Crippen LogP contribution in [-0.2, 0) is 42.2 Å². The first-order valence-electron chi connectivity index (χ1n) is 26.8. The van der Waals surface area contributed by atoms with Crippen LogP contribution in [-0.4, -0.2) is 66.5 Å². The number of hydrogen-bond donors (Lipinski definition) is 2. The predicted octanol–water partition coefficient (Wildman–Crippen LogP) is 15.5. The molecule has 0 aliphatic heterocycles. The number of aliphatic hydroxyl groups excluding tert-OH is 1. The molecule has 0 radical (unpaired) electrons. The summed E-state index contributed by atoms with van der Waals surface area (Å²) < 4.78 is 39.3. The minimum Gasteiger partial charge on any atom is -0.462 e. The van der Waals surface area contributed by atoms with Gasteiger partial charge in [0.15, 0.2) is 6.10 Å². The van der Waals surface area contributed by atoms with Gasteiger partial charge in [-0.3, -0.25) is 23.4 Å². The fourth-order valence-electron chi connectivity index (χ4n) is 6.69. The molecular formula is C58H95O11P. The Morgan fingerprint density at radius 1 is 0.414 bits per heavy atom.